The molecule has 0 amide bonds. The highest BCUT2D eigenvalue weighted by molar-refractivity contribution is 6.29. The van der Waals surface area contributed by atoms with E-state index < -0.39 is 11.3 Å². The van der Waals surface area contributed by atoms with E-state index in [-0.39, 0.29) is 0 Å². The van der Waals surface area contributed by atoms with Crippen LogP contribution in [0, 0.1) is 0 Å². The Bertz CT molecular complexity index is 306. The van der Waals surface area contributed by atoms with E-state index in [4.69, 9.17) is 11.6 Å². The third-order valence-corrected chi connectivity index (χ3v) is 2.52. The van der Waals surface area contributed by atoms with Gasteiger partial charge in [-0.3, -0.25) is 4.79 Å². The van der Waals surface area contributed by atoms with Crippen molar-refractivity contribution < 1.29 is 9.53 Å². The van der Waals surface area contributed by atoms with Crippen molar-refractivity contribution in [3.8, 4) is 0 Å². The maximum Gasteiger partial charge on any atom is 0.328 e. The maximum atomic E-state index is 11.1. The number of carbonyl (C=O) groups is 1. The number of aryl methyl sites for hydroxylation is 1. The fourth-order valence-corrected chi connectivity index (χ4v) is 1.40. The predicted octanol–water partition coefficient (Wildman–Crippen LogP) is 2.70. The molecule has 1 aromatic carbocycles. The van der Waals surface area contributed by atoms with Crippen molar-refractivity contribution in [1.82, 2.24) is 0 Å². The third-order valence-electron chi connectivity index (χ3n) is 2.09. The van der Waals surface area contributed by atoms with Gasteiger partial charge in [-0.2, -0.15) is 0 Å². The normalized spacial score (nSPS) is 12.2. The number of rotatable bonds is 3. The Morgan fingerprint density at radius 2 is 2.00 bits per heavy atom. The second kappa shape index (κ2) is 5.01. The van der Waals surface area contributed by atoms with E-state index >= 15 is 0 Å². The fraction of sp³-hybridized carbons (Fsp3) is 0.364. The highest BCUT2D eigenvalue weighted by atomic mass is 35.5. The second-order valence-electron chi connectivity index (χ2n) is 2.98. The summed E-state index contributed by atoms with van der Waals surface area (Å²) in [6.45, 7) is 2.08. The van der Waals surface area contributed by atoms with Crippen molar-refractivity contribution in [3.63, 3.8) is 0 Å². The number of carbonyl (C=O) groups excluding carboxylic acids is 1. The highest BCUT2D eigenvalue weighted by Crippen LogP contribution is 2.22. The first-order valence-corrected chi connectivity index (χ1v) is 4.93. The lowest BCUT2D eigenvalue weighted by Crippen LogP contribution is -2.08. The maximum absolute atomic E-state index is 11.1. The molecule has 0 heterocycles. The number of benzene rings is 1. The zero-order valence-corrected chi connectivity index (χ0v) is 9.04. The van der Waals surface area contributed by atoms with Crippen LogP contribution >= 0.6 is 11.6 Å². The van der Waals surface area contributed by atoms with Gasteiger partial charge in [0.05, 0.1) is 7.11 Å². The molecule has 1 rings (SSSR count). The lowest BCUT2D eigenvalue weighted by Gasteiger charge is -2.07. The molecule has 0 saturated heterocycles. The largest absolute Gasteiger partial charge is 0.468 e. The Kier molecular flexibility index (Phi) is 3.96. The van der Waals surface area contributed by atoms with E-state index in [1.807, 2.05) is 24.3 Å². The highest BCUT2D eigenvalue weighted by Gasteiger charge is 2.17. The summed E-state index contributed by atoms with van der Waals surface area (Å²) in [6, 6.07) is 7.64. The molecule has 0 N–H and O–H groups in total. The fourth-order valence-electron chi connectivity index (χ4n) is 1.16. The zero-order chi connectivity index (χ0) is 10.6. The number of hydrogen-bond acceptors (Lipinski definition) is 2. The summed E-state index contributed by atoms with van der Waals surface area (Å²) in [5.74, 6) is -0.420. The van der Waals surface area contributed by atoms with E-state index in [2.05, 4.69) is 11.7 Å². The molecule has 14 heavy (non-hydrogen) atoms. The molecule has 1 atom stereocenters. The number of methoxy groups -OCH3 is 1. The molecular formula is C11H13ClO2. The van der Waals surface area contributed by atoms with Crippen molar-refractivity contribution in [3.05, 3.63) is 35.4 Å². The summed E-state index contributed by atoms with van der Waals surface area (Å²) >= 11 is 5.88. The first-order valence-electron chi connectivity index (χ1n) is 4.49. The molecule has 0 bridgehead atoms. The molecular weight excluding hydrogens is 200 g/mol. The molecule has 3 heteroatoms. The number of alkyl halides is 1. The van der Waals surface area contributed by atoms with E-state index in [0.29, 0.717) is 0 Å². The lowest BCUT2D eigenvalue weighted by molar-refractivity contribution is -0.140. The van der Waals surface area contributed by atoms with E-state index in [1.54, 1.807) is 0 Å². The summed E-state index contributed by atoms with van der Waals surface area (Å²) in [6.07, 6.45) is 0.978. The Morgan fingerprint density at radius 1 is 1.43 bits per heavy atom. The smallest absolute Gasteiger partial charge is 0.328 e. The van der Waals surface area contributed by atoms with Crippen LogP contribution < -0.4 is 0 Å². The monoisotopic (exact) mass is 212 g/mol. The number of halogens is 1. The molecule has 0 radical (unpaired) electrons. The van der Waals surface area contributed by atoms with Crippen molar-refractivity contribution >= 4 is 17.6 Å². The molecule has 2 nitrogen and oxygen atoms in total. The van der Waals surface area contributed by atoms with E-state index in [0.717, 1.165) is 12.0 Å². The minimum Gasteiger partial charge on any atom is -0.468 e. The molecule has 76 valence electrons. The summed E-state index contributed by atoms with van der Waals surface area (Å²) in [7, 11) is 1.33. The Balaban J connectivity index is 2.81. The number of hydrogen-bond donors (Lipinski definition) is 0. The quantitative estimate of drug-likeness (QED) is 0.569. The standard InChI is InChI=1S/C11H13ClO2/c1-3-8-4-6-9(7-5-8)10(12)11(13)14-2/h4-7,10H,3H2,1-2H3/t10-/m0/s1. The van der Waals surface area contributed by atoms with Crippen LogP contribution in [0.3, 0.4) is 0 Å². The minimum atomic E-state index is -0.703. The van der Waals surface area contributed by atoms with Crippen LogP contribution in [0.5, 0.6) is 0 Å². The summed E-state index contributed by atoms with van der Waals surface area (Å²) in [4.78, 5) is 11.1. The number of esters is 1. The Labute approximate surface area is 88.8 Å². The van der Waals surface area contributed by atoms with Crippen LogP contribution in [-0.4, -0.2) is 13.1 Å². The van der Waals surface area contributed by atoms with E-state index in [1.165, 1.54) is 12.7 Å². The predicted molar refractivity (Wildman–Crippen MR) is 56.4 cm³/mol. The van der Waals surface area contributed by atoms with Crippen molar-refractivity contribution in [2.75, 3.05) is 7.11 Å². The van der Waals surface area contributed by atoms with Gasteiger partial charge in [0, 0.05) is 0 Å². The van der Waals surface area contributed by atoms with Gasteiger partial charge in [-0.1, -0.05) is 31.2 Å². The van der Waals surface area contributed by atoms with Crippen LogP contribution in [0.4, 0.5) is 0 Å². The molecule has 0 spiro atoms. The second-order valence-corrected chi connectivity index (χ2v) is 3.42. The van der Waals surface area contributed by atoms with Crippen molar-refractivity contribution in [1.29, 1.82) is 0 Å². The first kappa shape index (κ1) is 11.1. The summed E-state index contributed by atoms with van der Waals surface area (Å²) in [5, 5.41) is -0.703. The molecule has 0 aromatic heterocycles. The molecule has 0 saturated carbocycles. The molecule has 0 aliphatic rings. The van der Waals surface area contributed by atoms with Crippen molar-refractivity contribution in [2.45, 2.75) is 18.7 Å². The van der Waals surface area contributed by atoms with Crippen LogP contribution in [0.2, 0.25) is 0 Å². The molecule has 0 unspecified atom stereocenters. The first-order chi connectivity index (χ1) is 6.69. The van der Waals surface area contributed by atoms with Gasteiger partial charge in [0.1, 0.15) is 0 Å². The van der Waals surface area contributed by atoms with Gasteiger partial charge in [0.25, 0.3) is 0 Å². The van der Waals surface area contributed by atoms with Crippen LogP contribution in [0.1, 0.15) is 23.4 Å². The lowest BCUT2D eigenvalue weighted by atomic mass is 10.1. The molecule has 1 aromatic rings. The van der Waals surface area contributed by atoms with Gasteiger partial charge in [-0.05, 0) is 17.5 Å². The van der Waals surface area contributed by atoms with Gasteiger partial charge in [0.15, 0.2) is 5.38 Å². The SMILES string of the molecule is CCc1ccc([C@H](Cl)C(=O)OC)cc1. The van der Waals surface area contributed by atoms with E-state index in [9.17, 15) is 4.79 Å². The van der Waals surface area contributed by atoms with Gasteiger partial charge in [0.2, 0.25) is 0 Å². The third kappa shape index (κ3) is 2.48. The Morgan fingerprint density at radius 3 is 2.43 bits per heavy atom. The van der Waals surface area contributed by atoms with Gasteiger partial charge < -0.3 is 4.74 Å². The number of ether oxygens (including phenoxy) is 1. The van der Waals surface area contributed by atoms with Gasteiger partial charge in [-0.25, -0.2) is 0 Å². The average Bonchev–Trinajstić information content (AvgIpc) is 2.27. The van der Waals surface area contributed by atoms with Crippen LogP contribution in [-0.2, 0) is 16.0 Å². The molecule has 0 aliphatic heterocycles. The van der Waals surface area contributed by atoms with Crippen LogP contribution in [0.25, 0.3) is 0 Å². The summed E-state index contributed by atoms with van der Waals surface area (Å²) < 4.78 is 4.55. The van der Waals surface area contributed by atoms with Crippen LogP contribution in [0.15, 0.2) is 24.3 Å². The average molecular weight is 213 g/mol. The van der Waals surface area contributed by atoms with Gasteiger partial charge >= 0.3 is 5.97 Å². The Hall–Kier alpha value is -1.02. The van der Waals surface area contributed by atoms with Gasteiger partial charge in [-0.15, -0.1) is 11.6 Å². The molecule has 0 aliphatic carbocycles. The minimum absolute atomic E-state index is 0.420. The van der Waals surface area contributed by atoms with Crippen molar-refractivity contribution in [2.24, 2.45) is 0 Å². The topological polar surface area (TPSA) is 26.3 Å². The summed E-state index contributed by atoms with van der Waals surface area (Å²) in [5.41, 5.74) is 2.00. The molecule has 0 fully saturated rings. The zero-order valence-electron chi connectivity index (χ0n) is 8.29.